The molecule has 0 fully saturated rings. The number of carbonyl (C=O) groups excluding carboxylic acids is 1. The molecule has 1 aromatic carbocycles. The van der Waals surface area contributed by atoms with Gasteiger partial charge in [-0.15, -0.1) is 11.3 Å². The molecule has 6 heteroatoms. The van der Waals surface area contributed by atoms with E-state index in [0.717, 1.165) is 0 Å². The van der Waals surface area contributed by atoms with Gasteiger partial charge in [0.2, 0.25) is 0 Å². The van der Waals surface area contributed by atoms with Crippen LogP contribution >= 0.6 is 11.3 Å². The summed E-state index contributed by atoms with van der Waals surface area (Å²) in [6, 6.07) is 8.02. The zero-order valence-electron chi connectivity index (χ0n) is 10.0. The van der Waals surface area contributed by atoms with Crippen LogP contribution in [0.15, 0.2) is 35.7 Å². The summed E-state index contributed by atoms with van der Waals surface area (Å²) in [5.74, 6) is -0.766. The first-order valence-corrected chi connectivity index (χ1v) is 6.26. The maximum atomic E-state index is 11.9. The van der Waals surface area contributed by atoms with Crippen molar-refractivity contribution in [2.24, 2.45) is 0 Å². The Morgan fingerprint density at radius 2 is 1.89 bits per heavy atom. The number of carboxylic acid groups (broad SMARTS) is 1. The lowest BCUT2D eigenvalue weighted by Crippen LogP contribution is -2.13. The van der Waals surface area contributed by atoms with E-state index in [4.69, 9.17) is 9.84 Å². The summed E-state index contributed by atoms with van der Waals surface area (Å²) in [6.45, 7) is 0. The molecule has 2 N–H and O–H groups in total. The van der Waals surface area contributed by atoms with Crippen molar-refractivity contribution >= 4 is 28.2 Å². The zero-order valence-corrected chi connectivity index (χ0v) is 10.9. The van der Waals surface area contributed by atoms with Crippen LogP contribution in [0, 0.1) is 0 Å². The summed E-state index contributed by atoms with van der Waals surface area (Å²) in [7, 11) is 1.54. The molecule has 0 aliphatic carbocycles. The number of hydrogen-bond donors (Lipinski definition) is 2. The summed E-state index contributed by atoms with van der Waals surface area (Å²) >= 11 is 1.17. The van der Waals surface area contributed by atoms with E-state index in [1.54, 1.807) is 36.8 Å². The number of amides is 1. The molecule has 0 saturated carbocycles. The molecule has 0 atom stereocenters. The molecule has 0 unspecified atom stereocenters. The van der Waals surface area contributed by atoms with Crippen molar-refractivity contribution in [1.82, 2.24) is 0 Å². The number of rotatable bonds is 4. The second-order valence-electron chi connectivity index (χ2n) is 3.65. The van der Waals surface area contributed by atoms with Gasteiger partial charge < -0.3 is 15.2 Å². The Morgan fingerprint density at radius 3 is 2.47 bits per heavy atom. The highest BCUT2D eigenvalue weighted by molar-refractivity contribution is 7.14. The van der Waals surface area contributed by atoms with Gasteiger partial charge in [-0.05, 0) is 35.7 Å². The second-order valence-corrected chi connectivity index (χ2v) is 4.57. The van der Waals surface area contributed by atoms with Crippen molar-refractivity contribution in [2.75, 3.05) is 12.4 Å². The molecule has 1 aromatic heterocycles. The topological polar surface area (TPSA) is 75.6 Å². The van der Waals surface area contributed by atoms with Gasteiger partial charge in [0, 0.05) is 5.56 Å². The highest BCUT2D eigenvalue weighted by atomic mass is 32.1. The number of carbonyl (C=O) groups is 2. The third-order valence-corrected chi connectivity index (χ3v) is 3.30. The molecule has 0 aliphatic heterocycles. The quantitative estimate of drug-likeness (QED) is 0.901. The van der Waals surface area contributed by atoms with Crippen LogP contribution in [0.2, 0.25) is 0 Å². The van der Waals surface area contributed by atoms with Gasteiger partial charge in [-0.1, -0.05) is 0 Å². The third kappa shape index (κ3) is 2.92. The van der Waals surface area contributed by atoms with E-state index < -0.39 is 5.97 Å². The van der Waals surface area contributed by atoms with Gasteiger partial charge in [0.15, 0.2) is 0 Å². The smallest absolute Gasteiger partial charge is 0.338 e. The van der Waals surface area contributed by atoms with E-state index in [1.165, 1.54) is 17.4 Å². The lowest BCUT2D eigenvalue weighted by molar-refractivity contribution is 0.0698. The van der Waals surface area contributed by atoms with Crippen molar-refractivity contribution < 1.29 is 19.4 Å². The van der Waals surface area contributed by atoms with Crippen LogP contribution in [0.1, 0.15) is 20.7 Å². The van der Waals surface area contributed by atoms with Gasteiger partial charge in [-0.25, -0.2) is 4.79 Å². The molecule has 2 aromatic rings. The molecule has 1 amide bonds. The average Bonchev–Trinajstić information content (AvgIpc) is 2.87. The summed E-state index contributed by atoms with van der Waals surface area (Å²) in [6.07, 6.45) is 0. The predicted octanol–water partition coefficient (Wildman–Crippen LogP) is 2.71. The minimum Gasteiger partial charge on any atom is -0.497 e. The van der Waals surface area contributed by atoms with Crippen molar-refractivity contribution in [3.05, 3.63) is 46.8 Å². The Bertz CT molecular complexity index is 603. The number of nitrogens with one attached hydrogen (secondary N) is 1. The van der Waals surface area contributed by atoms with E-state index in [9.17, 15) is 9.59 Å². The first-order chi connectivity index (χ1) is 9.11. The lowest BCUT2D eigenvalue weighted by atomic mass is 10.2. The fourth-order valence-corrected chi connectivity index (χ4v) is 2.27. The normalized spacial score (nSPS) is 9.95. The van der Waals surface area contributed by atoms with Gasteiger partial charge >= 0.3 is 5.97 Å². The minimum absolute atomic E-state index is 0.0897. The summed E-state index contributed by atoms with van der Waals surface area (Å²) in [5, 5.41) is 13.5. The van der Waals surface area contributed by atoms with Crippen LogP contribution in [0.4, 0.5) is 5.00 Å². The van der Waals surface area contributed by atoms with Crippen LogP contribution in [0.5, 0.6) is 5.75 Å². The summed E-state index contributed by atoms with van der Waals surface area (Å²) in [5.41, 5.74) is 0.525. The molecule has 0 bridgehead atoms. The van der Waals surface area contributed by atoms with Gasteiger partial charge in [-0.3, -0.25) is 4.79 Å². The molecular weight excluding hydrogens is 266 g/mol. The molecular formula is C13H11NO4S. The maximum Gasteiger partial charge on any atom is 0.338 e. The zero-order chi connectivity index (χ0) is 13.8. The number of carboxylic acids is 1. The van der Waals surface area contributed by atoms with Crippen molar-refractivity contribution in [2.45, 2.75) is 0 Å². The maximum absolute atomic E-state index is 11.9. The molecule has 1 heterocycles. The van der Waals surface area contributed by atoms with Crippen LogP contribution in [0.3, 0.4) is 0 Å². The Hall–Kier alpha value is -2.34. The van der Waals surface area contributed by atoms with E-state index in [2.05, 4.69) is 5.32 Å². The van der Waals surface area contributed by atoms with Crippen LogP contribution in [-0.2, 0) is 0 Å². The number of benzene rings is 1. The van der Waals surface area contributed by atoms with Gasteiger partial charge in [0.1, 0.15) is 10.8 Å². The summed E-state index contributed by atoms with van der Waals surface area (Å²) in [4.78, 5) is 22.9. The molecule has 98 valence electrons. The van der Waals surface area contributed by atoms with E-state index in [-0.39, 0.29) is 11.5 Å². The molecule has 2 rings (SSSR count). The van der Waals surface area contributed by atoms with E-state index in [1.807, 2.05) is 0 Å². The SMILES string of the molecule is COc1ccc(C(=O)Nc2sccc2C(=O)O)cc1. The fourth-order valence-electron chi connectivity index (χ4n) is 1.49. The second kappa shape index (κ2) is 5.53. The number of methoxy groups -OCH3 is 1. The monoisotopic (exact) mass is 277 g/mol. The molecule has 0 saturated heterocycles. The average molecular weight is 277 g/mol. The molecule has 0 spiro atoms. The molecule has 0 radical (unpaired) electrons. The molecule has 19 heavy (non-hydrogen) atoms. The van der Waals surface area contributed by atoms with Crippen molar-refractivity contribution in [1.29, 1.82) is 0 Å². The third-order valence-electron chi connectivity index (χ3n) is 2.47. The van der Waals surface area contributed by atoms with Crippen LogP contribution in [-0.4, -0.2) is 24.1 Å². The highest BCUT2D eigenvalue weighted by Crippen LogP contribution is 2.24. The first kappa shape index (κ1) is 13.1. The number of hydrogen-bond acceptors (Lipinski definition) is 4. The van der Waals surface area contributed by atoms with Crippen molar-refractivity contribution in [3.8, 4) is 5.75 Å². The van der Waals surface area contributed by atoms with Gasteiger partial charge in [0.05, 0.1) is 12.7 Å². The Labute approximate surface area is 113 Å². The number of aromatic carboxylic acids is 1. The summed E-state index contributed by atoms with van der Waals surface area (Å²) < 4.78 is 5.00. The standard InChI is InChI=1S/C13H11NO4S/c1-18-9-4-2-8(3-5-9)11(15)14-12-10(13(16)17)6-7-19-12/h2-7H,1H3,(H,14,15)(H,16,17). The molecule has 0 aliphatic rings. The van der Waals surface area contributed by atoms with Crippen LogP contribution in [0.25, 0.3) is 0 Å². The number of anilines is 1. The predicted molar refractivity (Wildman–Crippen MR) is 72.2 cm³/mol. The fraction of sp³-hybridized carbons (Fsp3) is 0.0769. The Balaban J connectivity index is 2.16. The highest BCUT2D eigenvalue weighted by Gasteiger charge is 2.14. The Morgan fingerprint density at radius 1 is 1.21 bits per heavy atom. The van der Waals surface area contributed by atoms with Gasteiger partial charge in [-0.2, -0.15) is 0 Å². The van der Waals surface area contributed by atoms with Crippen LogP contribution < -0.4 is 10.1 Å². The van der Waals surface area contributed by atoms with E-state index in [0.29, 0.717) is 16.3 Å². The van der Waals surface area contributed by atoms with Gasteiger partial charge in [0.25, 0.3) is 5.91 Å². The lowest BCUT2D eigenvalue weighted by Gasteiger charge is -2.05. The largest absolute Gasteiger partial charge is 0.497 e. The van der Waals surface area contributed by atoms with E-state index >= 15 is 0 Å². The molecule has 5 nitrogen and oxygen atoms in total. The van der Waals surface area contributed by atoms with Crippen molar-refractivity contribution in [3.63, 3.8) is 0 Å². The minimum atomic E-state index is -1.06. The first-order valence-electron chi connectivity index (χ1n) is 5.38. The number of thiophene rings is 1. The Kier molecular flexibility index (Phi) is 3.82. The number of ether oxygens (including phenoxy) is 1.